The van der Waals surface area contributed by atoms with Crippen LogP contribution in [-0.2, 0) is 6.61 Å². The Kier molecular flexibility index (Phi) is 8.01. The molecule has 0 saturated carbocycles. The minimum absolute atomic E-state index is 0.0553. The summed E-state index contributed by atoms with van der Waals surface area (Å²) in [7, 11) is 1.63. The molecule has 7 heteroatoms. The van der Waals surface area contributed by atoms with Crippen LogP contribution in [0.2, 0.25) is 0 Å². The average molecular weight is 516 g/mol. The Labute approximate surface area is 224 Å². The summed E-state index contributed by atoms with van der Waals surface area (Å²) >= 11 is 0. The molecule has 0 bridgehead atoms. The predicted octanol–water partition coefficient (Wildman–Crippen LogP) is 5.63. The van der Waals surface area contributed by atoms with E-state index in [1.54, 1.807) is 7.11 Å². The van der Waals surface area contributed by atoms with Gasteiger partial charge < -0.3 is 19.3 Å². The largest absolute Gasteiger partial charge is 0.497 e. The lowest BCUT2D eigenvalue weighted by Gasteiger charge is -2.29. The Morgan fingerprint density at radius 2 is 1.29 bits per heavy atom. The van der Waals surface area contributed by atoms with Gasteiger partial charge in [-0.15, -0.1) is 0 Å². The van der Waals surface area contributed by atoms with Gasteiger partial charge in [0.05, 0.1) is 7.11 Å². The number of ether oxygens (including phenoxy) is 2. The molecule has 0 unspecified atom stereocenters. The fraction of sp³-hybridized carbons (Fsp3) is 0.419. The van der Waals surface area contributed by atoms with Crippen molar-refractivity contribution in [3.05, 3.63) is 77.1 Å². The van der Waals surface area contributed by atoms with Gasteiger partial charge in [0, 0.05) is 37.4 Å². The van der Waals surface area contributed by atoms with Gasteiger partial charge in [-0.2, -0.15) is 0 Å². The molecule has 3 aromatic rings. The zero-order valence-electron chi connectivity index (χ0n) is 22.4. The third-order valence-electron chi connectivity index (χ3n) is 7.61. The first kappa shape index (κ1) is 25.9. The Morgan fingerprint density at radius 1 is 0.737 bits per heavy atom. The summed E-state index contributed by atoms with van der Waals surface area (Å²) in [4.78, 5) is 32.1. The van der Waals surface area contributed by atoms with Crippen molar-refractivity contribution in [1.29, 1.82) is 0 Å². The number of aromatic nitrogens is 1. The summed E-state index contributed by atoms with van der Waals surface area (Å²) < 4.78 is 13.6. The first-order valence-electron chi connectivity index (χ1n) is 13.7. The van der Waals surface area contributed by atoms with Crippen molar-refractivity contribution in [3.8, 4) is 17.2 Å². The molecule has 1 aromatic heterocycles. The van der Waals surface area contributed by atoms with E-state index in [-0.39, 0.29) is 11.8 Å². The van der Waals surface area contributed by atoms with Crippen LogP contribution in [-0.4, -0.2) is 59.5 Å². The molecule has 200 valence electrons. The second kappa shape index (κ2) is 11.8. The molecule has 2 saturated heterocycles. The van der Waals surface area contributed by atoms with E-state index in [4.69, 9.17) is 9.47 Å². The van der Waals surface area contributed by atoms with E-state index in [0.717, 1.165) is 62.9 Å². The molecule has 0 N–H and O–H groups in total. The maximum absolute atomic E-state index is 14.2. The molecule has 38 heavy (non-hydrogen) atoms. The number of piperidine rings is 2. The number of methoxy groups -OCH3 is 1. The Balaban J connectivity index is 1.66. The number of likely N-dealkylation sites (tertiary alicyclic amines) is 2. The van der Waals surface area contributed by atoms with Crippen LogP contribution in [0.1, 0.15) is 70.6 Å². The quantitative estimate of drug-likeness (QED) is 0.409. The highest BCUT2D eigenvalue weighted by molar-refractivity contribution is 6.03. The monoisotopic (exact) mass is 515 g/mol. The molecule has 3 heterocycles. The van der Waals surface area contributed by atoms with Crippen molar-refractivity contribution in [2.24, 2.45) is 0 Å². The molecule has 0 atom stereocenters. The first-order valence-corrected chi connectivity index (χ1v) is 13.7. The number of carbonyl (C=O) groups is 2. The van der Waals surface area contributed by atoms with Crippen LogP contribution in [0.25, 0.3) is 5.69 Å². The lowest BCUT2D eigenvalue weighted by Crippen LogP contribution is -2.38. The topological polar surface area (TPSA) is 64.0 Å². The fourth-order valence-corrected chi connectivity index (χ4v) is 5.50. The third kappa shape index (κ3) is 5.28. The van der Waals surface area contributed by atoms with Crippen LogP contribution in [0.4, 0.5) is 0 Å². The second-order valence-corrected chi connectivity index (χ2v) is 10.2. The fourth-order valence-electron chi connectivity index (χ4n) is 5.50. The maximum Gasteiger partial charge on any atom is 0.274 e. The van der Waals surface area contributed by atoms with Crippen molar-refractivity contribution in [1.82, 2.24) is 14.4 Å². The number of hydrogen-bond acceptors (Lipinski definition) is 4. The van der Waals surface area contributed by atoms with Crippen LogP contribution >= 0.6 is 0 Å². The standard InChI is InChI=1S/C31H37N3O4/c1-23-27(30(35)32-18-8-4-9-19-32)34(25-14-16-26(37-2)17-15-25)28(31(36)33-20-10-5-11-21-33)29(23)38-22-24-12-6-3-7-13-24/h3,6-7,12-17H,4-5,8-11,18-22H2,1-2H3. The van der Waals surface area contributed by atoms with Gasteiger partial charge in [-0.1, -0.05) is 30.3 Å². The summed E-state index contributed by atoms with van der Waals surface area (Å²) in [6, 6.07) is 17.4. The summed E-state index contributed by atoms with van der Waals surface area (Å²) in [5, 5.41) is 0. The molecule has 5 rings (SSSR count). The summed E-state index contributed by atoms with van der Waals surface area (Å²) in [5.74, 6) is 1.05. The zero-order chi connectivity index (χ0) is 26.5. The van der Waals surface area contributed by atoms with Crippen molar-refractivity contribution >= 4 is 11.8 Å². The van der Waals surface area contributed by atoms with E-state index in [1.165, 1.54) is 0 Å². The van der Waals surface area contributed by atoms with Gasteiger partial charge in [0.15, 0.2) is 11.4 Å². The molecule has 0 spiro atoms. The van der Waals surface area contributed by atoms with E-state index in [2.05, 4.69) is 0 Å². The van der Waals surface area contributed by atoms with Crippen molar-refractivity contribution in [3.63, 3.8) is 0 Å². The molecule has 7 nitrogen and oxygen atoms in total. The third-order valence-corrected chi connectivity index (χ3v) is 7.61. The Bertz CT molecular complexity index is 1250. The summed E-state index contributed by atoms with van der Waals surface area (Å²) in [6.07, 6.45) is 6.20. The predicted molar refractivity (Wildman–Crippen MR) is 147 cm³/mol. The summed E-state index contributed by atoms with van der Waals surface area (Å²) in [5.41, 5.74) is 3.37. The molecular formula is C31H37N3O4. The van der Waals surface area contributed by atoms with Crippen molar-refractivity contribution in [2.75, 3.05) is 33.3 Å². The van der Waals surface area contributed by atoms with Crippen LogP contribution in [0.5, 0.6) is 11.5 Å². The van der Waals surface area contributed by atoms with Crippen LogP contribution in [0.3, 0.4) is 0 Å². The van der Waals surface area contributed by atoms with Crippen LogP contribution in [0.15, 0.2) is 54.6 Å². The minimum atomic E-state index is -0.0932. The molecule has 0 radical (unpaired) electrons. The number of benzene rings is 2. The van der Waals surface area contributed by atoms with Gasteiger partial charge in [0.2, 0.25) is 0 Å². The molecule has 2 fully saturated rings. The first-order chi connectivity index (χ1) is 18.6. The van der Waals surface area contributed by atoms with Gasteiger partial charge in [-0.05, 0) is 75.3 Å². The van der Waals surface area contributed by atoms with E-state index >= 15 is 0 Å². The number of amides is 2. The highest BCUT2D eigenvalue weighted by atomic mass is 16.5. The number of nitrogens with zero attached hydrogens (tertiary/aromatic N) is 3. The number of carbonyl (C=O) groups excluding carboxylic acids is 2. The Morgan fingerprint density at radius 3 is 1.84 bits per heavy atom. The van der Waals surface area contributed by atoms with Crippen LogP contribution < -0.4 is 9.47 Å². The average Bonchev–Trinajstić information content (AvgIpc) is 3.28. The van der Waals surface area contributed by atoms with Gasteiger partial charge >= 0.3 is 0 Å². The van der Waals surface area contributed by atoms with Crippen molar-refractivity contribution < 1.29 is 19.1 Å². The van der Waals surface area contributed by atoms with Gasteiger partial charge in [0.1, 0.15) is 18.1 Å². The zero-order valence-corrected chi connectivity index (χ0v) is 22.4. The van der Waals surface area contributed by atoms with E-state index in [9.17, 15) is 9.59 Å². The highest BCUT2D eigenvalue weighted by Gasteiger charge is 2.35. The van der Waals surface area contributed by atoms with E-state index in [1.807, 2.05) is 75.9 Å². The van der Waals surface area contributed by atoms with E-state index in [0.29, 0.717) is 48.1 Å². The second-order valence-electron chi connectivity index (χ2n) is 10.2. The molecule has 2 aliphatic heterocycles. The van der Waals surface area contributed by atoms with Gasteiger partial charge in [0.25, 0.3) is 11.8 Å². The maximum atomic E-state index is 14.2. The van der Waals surface area contributed by atoms with Crippen molar-refractivity contribution in [2.45, 2.75) is 52.1 Å². The molecule has 2 aromatic carbocycles. The minimum Gasteiger partial charge on any atom is -0.497 e. The molecule has 0 aliphatic carbocycles. The van der Waals surface area contributed by atoms with Gasteiger partial charge in [-0.25, -0.2) is 0 Å². The molecular weight excluding hydrogens is 478 g/mol. The molecule has 2 amide bonds. The normalized spacial score (nSPS) is 15.8. The highest BCUT2D eigenvalue weighted by Crippen LogP contribution is 2.37. The summed E-state index contributed by atoms with van der Waals surface area (Å²) in [6.45, 7) is 5.08. The number of hydrogen-bond donors (Lipinski definition) is 0. The lowest BCUT2D eigenvalue weighted by molar-refractivity contribution is 0.0706. The van der Waals surface area contributed by atoms with Crippen LogP contribution in [0, 0.1) is 6.92 Å². The molecule has 2 aliphatic rings. The van der Waals surface area contributed by atoms with E-state index < -0.39 is 0 Å². The SMILES string of the molecule is COc1ccc(-n2c(C(=O)N3CCCCC3)c(C)c(OCc3ccccc3)c2C(=O)N2CCCCC2)cc1. The lowest BCUT2D eigenvalue weighted by atomic mass is 10.1. The van der Waals surface area contributed by atoms with Gasteiger partial charge in [-0.3, -0.25) is 14.2 Å². The smallest absolute Gasteiger partial charge is 0.274 e. The number of rotatable bonds is 7. The Hall–Kier alpha value is -3.74.